The summed E-state index contributed by atoms with van der Waals surface area (Å²) in [6.45, 7) is 0. The molecular weight excluding hydrogens is 663 g/mol. The molecule has 0 amide bonds. The Balaban J connectivity index is 1.02. The van der Waals surface area contributed by atoms with Crippen molar-refractivity contribution in [2.75, 3.05) is 0 Å². The van der Waals surface area contributed by atoms with Gasteiger partial charge in [0.25, 0.3) is 0 Å². The average molecular weight is 694 g/mol. The quantitative estimate of drug-likeness (QED) is 0.193. The van der Waals surface area contributed by atoms with Crippen LogP contribution in [0.4, 0.5) is 0 Å². The van der Waals surface area contributed by atoms with Crippen molar-refractivity contribution in [3.05, 3.63) is 174 Å². The number of hydrogen-bond acceptors (Lipinski definition) is 6. The number of nitrogens with one attached hydrogen (secondary N) is 2. The number of thiophene rings is 2. The summed E-state index contributed by atoms with van der Waals surface area (Å²) in [6, 6.07) is 48.0. The number of amidine groups is 1. The lowest BCUT2D eigenvalue weighted by Gasteiger charge is -2.33. The molecule has 8 aromatic rings. The fourth-order valence-corrected chi connectivity index (χ4v) is 10.5. The first-order chi connectivity index (χ1) is 25.2. The van der Waals surface area contributed by atoms with Gasteiger partial charge >= 0.3 is 0 Å². The lowest BCUT2D eigenvalue weighted by atomic mass is 9.84. The van der Waals surface area contributed by atoms with Crippen LogP contribution in [0.25, 0.3) is 51.5 Å². The first kappa shape index (κ1) is 29.2. The first-order valence-corrected chi connectivity index (χ1v) is 19.1. The summed E-state index contributed by atoms with van der Waals surface area (Å²) in [5, 5.41) is 12.8. The Hall–Kier alpha value is -5.53. The molecule has 0 spiro atoms. The molecule has 6 heteroatoms. The maximum Gasteiger partial charge on any atom is 0.131 e. The Morgan fingerprint density at radius 1 is 0.608 bits per heavy atom. The molecule has 0 fully saturated rings. The van der Waals surface area contributed by atoms with Crippen molar-refractivity contribution < 1.29 is 4.74 Å². The highest BCUT2D eigenvalue weighted by Crippen LogP contribution is 2.50. The normalized spacial score (nSPS) is 20.9. The van der Waals surface area contributed by atoms with Crippen LogP contribution in [-0.4, -0.2) is 11.9 Å². The van der Waals surface area contributed by atoms with Gasteiger partial charge in [0.05, 0.1) is 0 Å². The van der Waals surface area contributed by atoms with E-state index in [1.165, 1.54) is 62.6 Å². The Kier molecular flexibility index (Phi) is 6.59. The Morgan fingerprint density at radius 2 is 1.33 bits per heavy atom. The summed E-state index contributed by atoms with van der Waals surface area (Å²) in [5.41, 5.74) is 7.15. The fraction of sp³-hybridized carbons (Fsp3) is 0.0889. The van der Waals surface area contributed by atoms with Gasteiger partial charge in [-0.3, -0.25) is 5.32 Å². The number of ether oxygens (including phenoxy) is 1. The minimum atomic E-state index is -0.221. The molecule has 0 saturated carbocycles. The summed E-state index contributed by atoms with van der Waals surface area (Å²) in [5.74, 6) is 1.90. The Bertz CT molecular complexity index is 2770. The molecule has 2 aliphatic heterocycles. The fourth-order valence-electron chi connectivity index (χ4n) is 8.12. The molecule has 4 atom stereocenters. The maximum absolute atomic E-state index is 6.63. The molecule has 51 heavy (non-hydrogen) atoms. The van der Waals surface area contributed by atoms with Crippen LogP contribution in [0.3, 0.4) is 0 Å². The number of benzene rings is 6. The molecule has 244 valence electrons. The highest BCUT2D eigenvalue weighted by atomic mass is 32.1. The van der Waals surface area contributed by atoms with Gasteiger partial charge in [-0.05, 0) is 52.6 Å². The van der Waals surface area contributed by atoms with Gasteiger partial charge in [0.15, 0.2) is 0 Å². The average Bonchev–Trinajstić information content (AvgIpc) is 3.88. The van der Waals surface area contributed by atoms with Crippen LogP contribution in [0.2, 0.25) is 0 Å². The van der Waals surface area contributed by atoms with Crippen molar-refractivity contribution in [3.8, 4) is 16.9 Å². The van der Waals surface area contributed by atoms with Crippen molar-refractivity contribution in [3.63, 3.8) is 0 Å². The van der Waals surface area contributed by atoms with Gasteiger partial charge in [0.1, 0.15) is 30.0 Å². The van der Waals surface area contributed by atoms with Crippen molar-refractivity contribution in [2.24, 2.45) is 4.99 Å². The Labute approximate surface area is 303 Å². The van der Waals surface area contributed by atoms with E-state index < -0.39 is 0 Å². The zero-order chi connectivity index (χ0) is 33.5. The largest absolute Gasteiger partial charge is 0.485 e. The third-order valence-corrected chi connectivity index (χ3v) is 12.9. The van der Waals surface area contributed by atoms with Crippen LogP contribution in [0.5, 0.6) is 5.75 Å². The highest BCUT2D eigenvalue weighted by molar-refractivity contribution is 7.26. The van der Waals surface area contributed by atoms with Crippen LogP contribution >= 0.6 is 22.7 Å². The molecule has 4 unspecified atom stereocenters. The zero-order valence-corrected chi connectivity index (χ0v) is 29.0. The molecule has 3 aliphatic rings. The lowest BCUT2D eigenvalue weighted by Crippen LogP contribution is -2.45. The van der Waals surface area contributed by atoms with Gasteiger partial charge < -0.3 is 10.1 Å². The molecule has 2 aromatic heterocycles. The molecule has 1 aliphatic carbocycles. The van der Waals surface area contributed by atoms with Crippen LogP contribution < -0.4 is 15.4 Å². The topological polar surface area (TPSA) is 45.6 Å². The van der Waals surface area contributed by atoms with Crippen LogP contribution in [-0.2, 0) is 0 Å². The summed E-state index contributed by atoms with van der Waals surface area (Å²) in [4.78, 5) is 5.37. The summed E-state index contributed by atoms with van der Waals surface area (Å²) < 4.78 is 11.8. The predicted molar refractivity (Wildman–Crippen MR) is 214 cm³/mol. The molecule has 4 heterocycles. The molecule has 0 radical (unpaired) electrons. The third-order valence-electron chi connectivity index (χ3n) is 10.5. The minimum Gasteiger partial charge on any atom is -0.485 e. The van der Waals surface area contributed by atoms with Crippen molar-refractivity contribution >= 4 is 68.9 Å². The minimum absolute atomic E-state index is 0.0590. The third kappa shape index (κ3) is 4.71. The monoisotopic (exact) mass is 693 g/mol. The first-order valence-electron chi connectivity index (χ1n) is 17.4. The molecule has 6 aromatic carbocycles. The van der Waals surface area contributed by atoms with Gasteiger partial charge in [0, 0.05) is 57.4 Å². The summed E-state index contributed by atoms with van der Waals surface area (Å²) >= 11 is 3.72. The van der Waals surface area contributed by atoms with E-state index in [-0.39, 0.29) is 24.4 Å². The summed E-state index contributed by atoms with van der Waals surface area (Å²) in [7, 11) is 0. The standard InChI is InChI=1S/C45H31N3OS2/c1-2-10-26(11-3-1)43-46-44(48-45(47-43)28-20-22-31-29-12-4-6-18-38(29)50-40(31)25-28)27-21-23-36-35(24-27)41-32(14-9-17-37(41)49-36)34-16-8-15-33-30-13-5-7-19-39(30)51-42(33)34/h1-25,35-36,43,45,47H,(H,46,48). The van der Waals surface area contributed by atoms with Crippen molar-refractivity contribution in [1.29, 1.82) is 0 Å². The van der Waals surface area contributed by atoms with E-state index in [2.05, 4.69) is 162 Å². The van der Waals surface area contributed by atoms with Crippen LogP contribution in [0.1, 0.15) is 34.9 Å². The smallest absolute Gasteiger partial charge is 0.131 e. The molecule has 0 bridgehead atoms. The van der Waals surface area contributed by atoms with Crippen molar-refractivity contribution in [1.82, 2.24) is 10.6 Å². The number of hydrogen-bond donors (Lipinski definition) is 2. The molecular formula is C45H31N3OS2. The van der Waals surface area contributed by atoms with E-state index in [9.17, 15) is 0 Å². The number of nitrogens with zero attached hydrogens (tertiary/aromatic N) is 1. The van der Waals surface area contributed by atoms with Crippen molar-refractivity contribution in [2.45, 2.75) is 24.4 Å². The van der Waals surface area contributed by atoms with Gasteiger partial charge in [-0.25, -0.2) is 4.99 Å². The SMILES string of the molecule is C1=CC2Oc3cccc(-c4cccc5c4sc4ccccc45)c3C2C=C1C1=NC(c2ccc3c(c2)sc2ccccc23)NC(c2ccccc2)N1. The van der Waals surface area contributed by atoms with E-state index in [1.54, 1.807) is 0 Å². The molecule has 2 N–H and O–H groups in total. The second-order valence-electron chi connectivity index (χ2n) is 13.5. The van der Waals surface area contributed by atoms with E-state index in [0.29, 0.717) is 0 Å². The van der Waals surface area contributed by atoms with E-state index in [4.69, 9.17) is 9.73 Å². The second kappa shape index (κ2) is 11.5. The predicted octanol–water partition coefficient (Wildman–Crippen LogP) is 11.4. The summed E-state index contributed by atoms with van der Waals surface area (Å²) in [6.07, 6.45) is 6.38. The van der Waals surface area contributed by atoms with Crippen LogP contribution in [0.15, 0.2) is 162 Å². The van der Waals surface area contributed by atoms with Gasteiger partial charge in [-0.2, -0.15) is 0 Å². The zero-order valence-electron chi connectivity index (χ0n) is 27.4. The van der Waals surface area contributed by atoms with Gasteiger partial charge in [-0.1, -0.05) is 121 Å². The molecule has 0 saturated heterocycles. The van der Waals surface area contributed by atoms with E-state index in [1.807, 2.05) is 22.7 Å². The van der Waals surface area contributed by atoms with Gasteiger partial charge in [-0.15, -0.1) is 22.7 Å². The lowest BCUT2D eigenvalue weighted by molar-refractivity contribution is 0.268. The molecule has 11 rings (SSSR count). The van der Waals surface area contributed by atoms with E-state index in [0.717, 1.165) is 22.7 Å². The number of aliphatic imine (C=N–C) groups is 1. The van der Waals surface area contributed by atoms with E-state index >= 15 is 0 Å². The Morgan fingerprint density at radius 3 is 2.22 bits per heavy atom. The molecule has 4 nitrogen and oxygen atoms in total. The highest BCUT2D eigenvalue weighted by Gasteiger charge is 2.37. The maximum atomic E-state index is 6.63. The number of rotatable bonds is 4. The second-order valence-corrected chi connectivity index (χ2v) is 15.6. The van der Waals surface area contributed by atoms with Crippen LogP contribution in [0, 0.1) is 0 Å². The van der Waals surface area contributed by atoms with Gasteiger partial charge in [0.2, 0.25) is 0 Å². The number of fused-ring (bicyclic) bond motifs is 9.